The molecule has 6 heteroatoms. The van der Waals surface area contributed by atoms with E-state index >= 15 is 0 Å². The molecule has 0 spiro atoms. The van der Waals surface area contributed by atoms with E-state index in [9.17, 15) is 4.79 Å². The number of carbonyl (C=O) groups excluding carboxylic acids is 1. The Morgan fingerprint density at radius 3 is 2.67 bits per heavy atom. The maximum Gasteiger partial charge on any atom is 0.253 e. The maximum absolute atomic E-state index is 12.8. The first-order chi connectivity index (χ1) is 11.8. The zero-order valence-corrected chi connectivity index (χ0v) is 13.5. The van der Waals surface area contributed by atoms with Gasteiger partial charge >= 0.3 is 0 Å². The Labute approximate surface area is 141 Å². The van der Waals surface area contributed by atoms with Crippen LogP contribution in [0, 0.1) is 0 Å². The molecule has 1 fully saturated rings. The summed E-state index contributed by atoms with van der Waals surface area (Å²) < 4.78 is 5.62. The molecule has 1 aromatic heterocycles. The topological polar surface area (TPSA) is 58.6 Å². The van der Waals surface area contributed by atoms with Gasteiger partial charge in [-0.15, -0.1) is 0 Å². The smallest absolute Gasteiger partial charge is 0.253 e. The van der Waals surface area contributed by atoms with Crippen molar-refractivity contribution in [3.8, 4) is 5.75 Å². The van der Waals surface area contributed by atoms with Crippen molar-refractivity contribution in [2.75, 3.05) is 37.7 Å². The van der Waals surface area contributed by atoms with Gasteiger partial charge in [-0.1, -0.05) is 0 Å². The van der Waals surface area contributed by atoms with Crippen LogP contribution < -0.4 is 9.64 Å². The summed E-state index contributed by atoms with van der Waals surface area (Å²) in [5, 5.41) is 0. The summed E-state index contributed by atoms with van der Waals surface area (Å²) in [5.41, 5.74) is 1.90. The molecule has 1 saturated heterocycles. The van der Waals surface area contributed by atoms with Gasteiger partial charge in [-0.25, -0.2) is 9.97 Å². The minimum Gasteiger partial charge on any atom is -0.493 e. The molecule has 6 nitrogen and oxygen atoms in total. The molecule has 2 aromatic rings. The second kappa shape index (κ2) is 6.47. The molecule has 2 aliphatic rings. The van der Waals surface area contributed by atoms with Crippen LogP contribution in [0.15, 0.2) is 36.7 Å². The van der Waals surface area contributed by atoms with Gasteiger partial charge in [0.05, 0.1) is 6.61 Å². The van der Waals surface area contributed by atoms with Crippen LogP contribution in [0.5, 0.6) is 5.75 Å². The molecule has 1 amide bonds. The first-order valence-corrected chi connectivity index (χ1v) is 8.38. The number of piperazine rings is 1. The molecule has 0 atom stereocenters. The zero-order chi connectivity index (χ0) is 16.4. The number of amides is 1. The number of aryl methyl sites for hydroxylation is 1. The molecule has 0 unspecified atom stereocenters. The van der Waals surface area contributed by atoms with E-state index in [1.165, 1.54) is 0 Å². The number of aromatic nitrogens is 2. The number of hydrogen-bond donors (Lipinski definition) is 0. The van der Waals surface area contributed by atoms with E-state index in [-0.39, 0.29) is 5.91 Å². The van der Waals surface area contributed by atoms with Crippen molar-refractivity contribution in [3.05, 3.63) is 47.8 Å². The molecule has 3 heterocycles. The van der Waals surface area contributed by atoms with Crippen molar-refractivity contribution < 1.29 is 9.53 Å². The third-order valence-corrected chi connectivity index (χ3v) is 4.56. The summed E-state index contributed by atoms with van der Waals surface area (Å²) in [4.78, 5) is 25.3. The van der Waals surface area contributed by atoms with Crippen LogP contribution >= 0.6 is 0 Å². The summed E-state index contributed by atoms with van der Waals surface area (Å²) >= 11 is 0. The normalized spacial score (nSPS) is 17.2. The third-order valence-electron chi connectivity index (χ3n) is 4.56. The quantitative estimate of drug-likeness (QED) is 0.842. The van der Waals surface area contributed by atoms with Crippen LogP contribution in [-0.2, 0) is 6.42 Å². The number of ether oxygens (including phenoxy) is 1. The molecule has 0 saturated carbocycles. The lowest BCUT2D eigenvalue weighted by molar-refractivity contribution is 0.0746. The van der Waals surface area contributed by atoms with Crippen LogP contribution in [-0.4, -0.2) is 53.6 Å². The van der Waals surface area contributed by atoms with Gasteiger partial charge in [-0.05, 0) is 42.7 Å². The monoisotopic (exact) mass is 324 g/mol. The number of nitrogens with zero attached hydrogens (tertiary/aromatic N) is 4. The molecule has 124 valence electrons. The fraction of sp³-hybridized carbons (Fsp3) is 0.389. The van der Waals surface area contributed by atoms with E-state index < -0.39 is 0 Å². The molecule has 0 N–H and O–H groups in total. The Morgan fingerprint density at radius 1 is 1.08 bits per heavy atom. The van der Waals surface area contributed by atoms with Crippen LogP contribution in [0.1, 0.15) is 22.3 Å². The summed E-state index contributed by atoms with van der Waals surface area (Å²) in [6.45, 7) is 3.65. The molecule has 0 bridgehead atoms. The second-order valence-corrected chi connectivity index (χ2v) is 6.10. The van der Waals surface area contributed by atoms with Gasteiger partial charge in [0.25, 0.3) is 5.91 Å². The minimum atomic E-state index is 0.0944. The lowest BCUT2D eigenvalue weighted by Crippen LogP contribution is -2.49. The number of fused-ring (bicyclic) bond motifs is 1. The fourth-order valence-corrected chi connectivity index (χ4v) is 3.24. The Kier molecular flexibility index (Phi) is 4.02. The van der Waals surface area contributed by atoms with Gasteiger partial charge in [-0.3, -0.25) is 4.79 Å². The fourth-order valence-electron chi connectivity index (χ4n) is 3.24. The van der Waals surface area contributed by atoms with Crippen LogP contribution in [0.2, 0.25) is 0 Å². The summed E-state index contributed by atoms with van der Waals surface area (Å²) in [7, 11) is 0. The van der Waals surface area contributed by atoms with Crippen molar-refractivity contribution in [2.24, 2.45) is 0 Å². The van der Waals surface area contributed by atoms with E-state index in [0.717, 1.165) is 55.4 Å². The standard InChI is InChI=1S/C18H20N4O2/c23-17(15-4-5-16-14(13-15)3-1-12-24-16)21-8-10-22(11-9-21)18-19-6-2-7-20-18/h2,4-7,13H,1,3,8-12H2. The van der Waals surface area contributed by atoms with Crippen LogP contribution in [0.4, 0.5) is 5.95 Å². The van der Waals surface area contributed by atoms with Gasteiger partial charge in [-0.2, -0.15) is 0 Å². The van der Waals surface area contributed by atoms with Crippen molar-refractivity contribution in [2.45, 2.75) is 12.8 Å². The number of carbonyl (C=O) groups is 1. The van der Waals surface area contributed by atoms with E-state index in [1.54, 1.807) is 12.4 Å². The Balaban J connectivity index is 1.43. The number of anilines is 1. The Morgan fingerprint density at radius 2 is 1.88 bits per heavy atom. The van der Waals surface area contributed by atoms with E-state index in [0.29, 0.717) is 13.1 Å². The molecular formula is C18H20N4O2. The first-order valence-electron chi connectivity index (χ1n) is 8.38. The highest BCUT2D eigenvalue weighted by Crippen LogP contribution is 2.26. The number of hydrogen-bond acceptors (Lipinski definition) is 5. The predicted octanol–water partition coefficient (Wildman–Crippen LogP) is 1.76. The van der Waals surface area contributed by atoms with Gasteiger partial charge in [0.2, 0.25) is 5.95 Å². The van der Waals surface area contributed by atoms with Crippen molar-refractivity contribution in [1.29, 1.82) is 0 Å². The highest BCUT2D eigenvalue weighted by Gasteiger charge is 2.24. The van der Waals surface area contributed by atoms with Gasteiger partial charge in [0.1, 0.15) is 5.75 Å². The molecule has 4 rings (SSSR count). The number of rotatable bonds is 2. The average molecular weight is 324 g/mol. The zero-order valence-electron chi connectivity index (χ0n) is 13.5. The third kappa shape index (κ3) is 2.91. The van der Waals surface area contributed by atoms with E-state index in [2.05, 4.69) is 14.9 Å². The van der Waals surface area contributed by atoms with Gasteiger partial charge in [0, 0.05) is 44.1 Å². The average Bonchev–Trinajstić information content (AvgIpc) is 2.68. The first kappa shape index (κ1) is 14.9. The van der Waals surface area contributed by atoms with Crippen LogP contribution in [0.3, 0.4) is 0 Å². The lowest BCUT2D eigenvalue weighted by Gasteiger charge is -2.34. The number of benzene rings is 1. The largest absolute Gasteiger partial charge is 0.493 e. The lowest BCUT2D eigenvalue weighted by atomic mass is 10.0. The molecule has 1 aromatic carbocycles. The van der Waals surface area contributed by atoms with E-state index in [4.69, 9.17) is 4.74 Å². The molecule has 2 aliphatic heterocycles. The molecule has 0 radical (unpaired) electrons. The van der Waals surface area contributed by atoms with E-state index in [1.807, 2.05) is 29.2 Å². The minimum absolute atomic E-state index is 0.0944. The second-order valence-electron chi connectivity index (χ2n) is 6.10. The Bertz CT molecular complexity index is 727. The highest BCUT2D eigenvalue weighted by atomic mass is 16.5. The SMILES string of the molecule is O=C(c1ccc2c(c1)CCCO2)N1CCN(c2ncccn2)CC1. The highest BCUT2D eigenvalue weighted by molar-refractivity contribution is 5.94. The van der Waals surface area contributed by atoms with Crippen molar-refractivity contribution >= 4 is 11.9 Å². The molecular weight excluding hydrogens is 304 g/mol. The Hall–Kier alpha value is -2.63. The van der Waals surface area contributed by atoms with Crippen molar-refractivity contribution in [3.63, 3.8) is 0 Å². The summed E-state index contributed by atoms with van der Waals surface area (Å²) in [6.07, 6.45) is 5.49. The summed E-state index contributed by atoms with van der Waals surface area (Å²) in [6, 6.07) is 7.60. The van der Waals surface area contributed by atoms with Gasteiger partial charge in [0.15, 0.2) is 0 Å². The summed E-state index contributed by atoms with van der Waals surface area (Å²) in [5.74, 6) is 1.75. The molecule has 24 heavy (non-hydrogen) atoms. The van der Waals surface area contributed by atoms with Crippen LogP contribution in [0.25, 0.3) is 0 Å². The van der Waals surface area contributed by atoms with Crippen molar-refractivity contribution in [1.82, 2.24) is 14.9 Å². The molecule has 0 aliphatic carbocycles. The predicted molar refractivity (Wildman–Crippen MR) is 90.4 cm³/mol. The maximum atomic E-state index is 12.8. The van der Waals surface area contributed by atoms with Gasteiger partial charge < -0.3 is 14.5 Å².